The second-order valence-corrected chi connectivity index (χ2v) is 5.34. The molecule has 90 valence electrons. The number of aliphatic hydroxyl groups is 1. The predicted octanol–water partition coefficient (Wildman–Crippen LogP) is 3.28. The van der Waals surface area contributed by atoms with Gasteiger partial charge in [0.15, 0.2) is 0 Å². The summed E-state index contributed by atoms with van der Waals surface area (Å²) >= 11 is 7.73. The van der Waals surface area contributed by atoms with Crippen molar-refractivity contribution in [1.82, 2.24) is 9.78 Å². The Morgan fingerprint density at radius 2 is 2.24 bits per heavy atom. The highest BCUT2D eigenvalue weighted by molar-refractivity contribution is 7.99. The molecule has 0 saturated carbocycles. The molecular formula is C12H13ClN2OS. The van der Waals surface area contributed by atoms with Crippen LogP contribution in [0.3, 0.4) is 0 Å². The monoisotopic (exact) mass is 268 g/mol. The highest BCUT2D eigenvalue weighted by atomic mass is 35.5. The Labute approximate surface area is 109 Å². The quantitative estimate of drug-likeness (QED) is 0.928. The number of hydrogen-bond donors (Lipinski definition) is 1. The first kappa shape index (κ1) is 12.5. The normalized spacial score (nSPS) is 12.7. The summed E-state index contributed by atoms with van der Waals surface area (Å²) in [4.78, 5) is 2.00. The van der Waals surface area contributed by atoms with E-state index in [0.29, 0.717) is 5.02 Å². The minimum atomic E-state index is -0.495. The highest BCUT2D eigenvalue weighted by Gasteiger charge is 2.07. The Kier molecular flexibility index (Phi) is 3.76. The number of halogens is 1. The molecule has 0 aliphatic heterocycles. The Morgan fingerprint density at radius 1 is 1.47 bits per heavy atom. The zero-order chi connectivity index (χ0) is 12.4. The van der Waals surface area contributed by atoms with Crippen molar-refractivity contribution in [3.8, 4) is 0 Å². The van der Waals surface area contributed by atoms with Gasteiger partial charge in [0.2, 0.25) is 0 Å². The summed E-state index contributed by atoms with van der Waals surface area (Å²) in [7, 11) is 1.88. The third kappa shape index (κ3) is 3.03. The third-order valence-electron chi connectivity index (χ3n) is 2.35. The number of benzene rings is 1. The fourth-order valence-corrected chi connectivity index (χ4v) is 2.59. The minimum Gasteiger partial charge on any atom is -0.389 e. The molecule has 5 heteroatoms. The fourth-order valence-electron chi connectivity index (χ4n) is 1.44. The molecule has 0 aliphatic rings. The molecule has 3 nitrogen and oxygen atoms in total. The number of nitrogens with zero attached hydrogens (tertiary/aromatic N) is 2. The summed E-state index contributed by atoms with van der Waals surface area (Å²) in [6.07, 6.45) is 3.23. The van der Waals surface area contributed by atoms with E-state index < -0.39 is 6.10 Å². The van der Waals surface area contributed by atoms with E-state index in [1.165, 1.54) is 0 Å². The van der Waals surface area contributed by atoms with Gasteiger partial charge in [-0.05, 0) is 24.6 Å². The number of aryl methyl sites for hydroxylation is 1. The summed E-state index contributed by atoms with van der Waals surface area (Å²) in [5.74, 6) is 0. The molecule has 0 bridgehead atoms. The second kappa shape index (κ2) is 5.12. The van der Waals surface area contributed by atoms with Crippen LogP contribution in [0.25, 0.3) is 0 Å². The highest BCUT2D eigenvalue weighted by Crippen LogP contribution is 2.34. The SMILES string of the molecule is C[C@@H](O)c1ccc(Sc2cnn(C)c2)c(Cl)c1. The van der Waals surface area contributed by atoms with Crippen LogP contribution in [-0.2, 0) is 7.05 Å². The molecule has 0 fully saturated rings. The Balaban J connectivity index is 2.22. The lowest BCUT2D eigenvalue weighted by Gasteiger charge is -2.07. The average molecular weight is 269 g/mol. The van der Waals surface area contributed by atoms with Gasteiger partial charge in [0.25, 0.3) is 0 Å². The Hall–Kier alpha value is -0.970. The van der Waals surface area contributed by atoms with Crippen LogP contribution in [0.4, 0.5) is 0 Å². The Morgan fingerprint density at radius 3 is 2.76 bits per heavy atom. The van der Waals surface area contributed by atoms with Gasteiger partial charge in [-0.2, -0.15) is 5.10 Å². The number of hydrogen-bond acceptors (Lipinski definition) is 3. The van der Waals surface area contributed by atoms with E-state index in [0.717, 1.165) is 15.4 Å². The van der Waals surface area contributed by atoms with E-state index in [1.54, 1.807) is 35.6 Å². The fraction of sp³-hybridized carbons (Fsp3) is 0.250. The van der Waals surface area contributed by atoms with Crippen LogP contribution >= 0.6 is 23.4 Å². The van der Waals surface area contributed by atoms with E-state index in [-0.39, 0.29) is 0 Å². The maximum Gasteiger partial charge on any atom is 0.0762 e. The lowest BCUT2D eigenvalue weighted by Crippen LogP contribution is -1.90. The average Bonchev–Trinajstić information content (AvgIpc) is 2.67. The first-order valence-corrected chi connectivity index (χ1v) is 6.39. The molecule has 17 heavy (non-hydrogen) atoms. The molecule has 1 N–H and O–H groups in total. The van der Waals surface area contributed by atoms with Crippen molar-refractivity contribution in [3.63, 3.8) is 0 Å². The van der Waals surface area contributed by atoms with Gasteiger partial charge in [0.1, 0.15) is 0 Å². The van der Waals surface area contributed by atoms with Crippen molar-refractivity contribution in [1.29, 1.82) is 0 Å². The van der Waals surface area contributed by atoms with Crippen molar-refractivity contribution < 1.29 is 5.11 Å². The van der Waals surface area contributed by atoms with Crippen LogP contribution in [-0.4, -0.2) is 14.9 Å². The standard InChI is InChI=1S/C12H13ClN2OS/c1-8(16)9-3-4-12(11(13)5-9)17-10-6-14-15(2)7-10/h3-8,16H,1-2H3/t8-/m1/s1. The third-order valence-corrected chi connectivity index (χ3v) is 3.79. The molecule has 2 rings (SSSR count). The second-order valence-electron chi connectivity index (χ2n) is 3.82. The van der Waals surface area contributed by atoms with E-state index in [4.69, 9.17) is 11.6 Å². The van der Waals surface area contributed by atoms with Crippen molar-refractivity contribution in [2.24, 2.45) is 7.05 Å². The molecule has 1 aromatic carbocycles. The van der Waals surface area contributed by atoms with Crippen LogP contribution in [0.2, 0.25) is 5.02 Å². The van der Waals surface area contributed by atoms with Crippen LogP contribution in [0, 0.1) is 0 Å². The maximum atomic E-state index is 9.45. The van der Waals surface area contributed by atoms with Gasteiger partial charge >= 0.3 is 0 Å². The van der Waals surface area contributed by atoms with Gasteiger partial charge in [-0.15, -0.1) is 0 Å². The minimum absolute atomic E-state index is 0.495. The lowest BCUT2D eigenvalue weighted by atomic mass is 10.1. The first-order chi connectivity index (χ1) is 8.06. The first-order valence-electron chi connectivity index (χ1n) is 5.20. The molecule has 0 unspecified atom stereocenters. The molecule has 0 saturated heterocycles. The zero-order valence-corrected chi connectivity index (χ0v) is 11.2. The zero-order valence-electron chi connectivity index (χ0n) is 9.59. The van der Waals surface area contributed by atoms with Gasteiger partial charge in [-0.1, -0.05) is 29.4 Å². The van der Waals surface area contributed by atoms with E-state index in [2.05, 4.69) is 5.10 Å². The molecule has 0 aliphatic carbocycles. The van der Waals surface area contributed by atoms with Crippen LogP contribution in [0.5, 0.6) is 0 Å². The number of rotatable bonds is 3. The van der Waals surface area contributed by atoms with E-state index >= 15 is 0 Å². The summed E-state index contributed by atoms with van der Waals surface area (Å²) in [5, 5.41) is 14.2. The van der Waals surface area contributed by atoms with Crippen LogP contribution < -0.4 is 0 Å². The van der Waals surface area contributed by atoms with Gasteiger partial charge in [-0.3, -0.25) is 4.68 Å². The predicted molar refractivity (Wildman–Crippen MR) is 69.4 cm³/mol. The molecule has 0 amide bonds. The summed E-state index contributed by atoms with van der Waals surface area (Å²) < 4.78 is 1.75. The Bertz CT molecular complexity index is 525. The van der Waals surface area contributed by atoms with Crippen molar-refractivity contribution >= 4 is 23.4 Å². The lowest BCUT2D eigenvalue weighted by molar-refractivity contribution is 0.199. The topological polar surface area (TPSA) is 38.1 Å². The molecular weight excluding hydrogens is 256 g/mol. The molecule has 0 radical (unpaired) electrons. The summed E-state index contributed by atoms with van der Waals surface area (Å²) in [6.45, 7) is 1.72. The molecule has 1 aromatic heterocycles. The summed E-state index contributed by atoms with van der Waals surface area (Å²) in [6, 6.07) is 5.60. The van der Waals surface area contributed by atoms with Gasteiger partial charge in [0.05, 0.1) is 22.2 Å². The summed E-state index contributed by atoms with van der Waals surface area (Å²) in [5.41, 5.74) is 0.825. The number of aliphatic hydroxyl groups excluding tert-OH is 1. The molecule has 1 heterocycles. The maximum absolute atomic E-state index is 9.45. The van der Waals surface area contributed by atoms with E-state index in [9.17, 15) is 5.11 Å². The van der Waals surface area contributed by atoms with Crippen molar-refractivity contribution in [3.05, 3.63) is 41.2 Å². The number of aromatic nitrogens is 2. The smallest absolute Gasteiger partial charge is 0.0762 e. The van der Waals surface area contributed by atoms with Crippen molar-refractivity contribution in [2.45, 2.75) is 22.8 Å². The molecule has 1 atom stereocenters. The van der Waals surface area contributed by atoms with Gasteiger partial charge < -0.3 is 5.11 Å². The molecule has 2 aromatic rings. The van der Waals surface area contributed by atoms with Crippen LogP contribution in [0.1, 0.15) is 18.6 Å². The largest absolute Gasteiger partial charge is 0.389 e. The van der Waals surface area contributed by atoms with Crippen LogP contribution in [0.15, 0.2) is 40.4 Å². The van der Waals surface area contributed by atoms with Crippen molar-refractivity contribution in [2.75, 3.05) is 0 Å². The molecule has 0 spiro atoms. The van der Waals surface area contributed by atoms with Gasteiger partial charge in [0, 0.05) is 18.1 Å². The van der Waals surface area contributed by atoms with E-state index in [1.807, 2.05) is 25.4 Å². The van der Waals surface area contributed by atoms with Gasteiger partial charge in [-0.25, -0.2) is 0 Å².